The molecule has 2 aromatic rings. The van der Waals surface area contributed by atoms with Crippen LogP contribution >= 0.6 is 0 Å². The van der Waals surface area contributed by atoms with E-state index in [1.807, 2.05) is 0 Å². The summed E-state index contributed by atoms with van der Waals surface area (Å²) in [7, 11) is 1.08. The zero-order valence-electron chi connectivity index (χ0n) is 13.4. The summed E-state index contributed by atoms with van der Waals surface area (Å²) in [4.78, 5) is 45.7. The highest BCUT2D eigenvalue weighted by Crippen LogP contribution is 2.19. The summed E-state index contributed by atoms with van der Waals surface area (Å²) in [6.07, 6.45) is 0. The number of benzene rings is 2. The number of ether oxygens (including phenoxy) is 2. The van der Waals surface area contributed by atoms with E-state index in [1.54, 1.807) is 0 Å². The number of hydrogen-bond acceptors (Lipinski definition) is 7. The van der Waals surface area contributed by atoms with Gasteiger partial charge in [0.05, 0.1) is 23.2 Å². The molecule has 0 atom stereocenters. The third-order valence-electron chi connectivity index (χ3n) is 3.29. The van der Waals surface area contributed by atoms with E-state index in [9.17, 15) is 28.9 Å². The van der Waals surface area contributed by atoms with Crippen molar-refractivity contribution in [2.75, 3.05) is 13.7 Å². The number of nitro benzene ring substituents is 1. The third kappa shape index (κ3) is 4.47. The molecule has 0 N–H and O–H groups in total. The molecule has 9 heteroatoms. The number of rotatable bonds is 6. The minimum absolute atomic E-state index is 0.133. The van der Waals surface area contributed by atoms with Gasteiger partial charge in [0.25, 0.3) is 5.69 Å². The number of nitro groups is 1. The van der Waals surface area contributed by atoms with E-state index in [2.05, 4.69) is 4.74 Å². The lowest BCUT2D eigenvalue weighted by atomic mass is 10.1. The SMILES string of the molecule is COC(=O)c1cc(C(=O)OCC(=O)c2ccc(F)cc2)cc([N+](=O)[O-])c1. The normalized spacial score (nSPS) is 10.1. The Hall–Kier alpha value is -3.62. The van der Waals surface area contributed by atoms with Crippen molar-refractivity contribution >= 4 is 23.4 Å². The van der Waals surface area contributed by atoms with Gasteiger partial charge >= 0.3 is 11.9 Å². The lowest BCUT2D eigenvalue weighted by Crippen LogP contribution is -2.15. The molecule has 0 aliphatic rings. The van der Waals surface area contributed by atoms with Crippen LogP contribution in [0.5, 0.6) is 0 Å². The van der Waals surface area contributed by atoms with Crippen molar-refractivity contribution in [2.24, 2.45) is 0 Å². The summed E-state index contributed by atoms with van der Waals surface area (Å²) in [6.45, 7) is -0.652. The van der Waals surface area contributed by atoms with E-state index in [0.29, 0.717) is 0 Å². The van der Waals surface area contributed by atoms with Gasteiger partial charge in [-0.1, -0.05) is 0 Å². The predicted octanol–water partition coefficient (Wildman–Crippen LogP) is 2.56. The minimum Gasteiger partial charge on any atom is -0.465 e. The van der Waals surface area contributed by atoms with Gasteiger partial charge in [-0.3, -0.25) is 14.9 Å². The molecule has 0 amide bonds. The van der Waals surface area contributed by atoms with Crippen molar-refractivity contribution in [2.45, 2.75) is 0 Å². The molecule has 0 aliphatic carbocycles. The third-order valence-corrected chi connectivity index (χ3v) is 3.29. The van der Waals surface area contributed by atoms with Gasteiger partial charge in [-0.25, -0.2) is 14.0 Å². The molecule has 26 heavy (non-hydrogen) atoms. The van der Waals surface area contributed by atoms with Gasteiger partial charge in [0.2, 0.25) is 0 Å². The van der Waals surface area contributed by atoms with E-state index in [1.165, 1.54) is 12.1 Å². The summed E-state index contributed by atoms with van der Waals surface area (Å²) in [5, 5.41) is 10.9. The number of nitrogens with zero attached hydrogens (tertiary/aromatic N) is 1. The molecule has 0 aromatic heterocycles. The van der Waals surface area contributed by atoms with Crippen molar-refractivity contribution in [3.8, 4) is 0 Å². The summed E-state index contributed by atoms with van der Waals surface area (Å²) >= 11 is 0. The summed E-state index contributed by atoms with van der Waals surface area (Å²) in [5.74, 6) is -3.01. The minimum atomic E-state index is -1.03. The zero-order chi connectivity index (χ0) is 19.3. The Kier molecular flexibility index (Phi) is 5.74. The molecule has 2 rings (SSSR count). The number of ketones is 1. The molecule has 0 aliphatic heterocycles. The molecule has 0 heterocycles. The molecule has 0 radical (unpaired) electrons. The fourth-order valence-corrected chi connectivity index (χ4v) is 2.00. The maximum Gasteiger partial charge on any atom is 0.338 e. The van der Waals surface area contributed by atoms with Gasteiger partial charge in [0.15, 0.2) is 12.4 Å². The average Bonchev–Trinajstić information content (AvgIpc) is 2.65. The highest BCUT2D eigenvalue weighted by Gasteiger charge is 2.20. The fraction of sp³-hybridized carbons (Fsp3) is 0.118. The number of Topliss-reactive ketones (excluding diaryl/α,β-unsaturated/α-hetero) is 1. The molecule has 134 valence electrons. The molecular formula is C17H12FNO7. The quantitative estimate of drug-likeness (QED) is 0.336. The van der Waals surface area contributed by atoms with E-state index < -0.39 is 40.8 Å². The van der Waals surface area contributed by atoms with Crippen LogP contribution in [0.3, 0.4) is 0 Å². The van der Waals surface area contributed by atoms with Gasteiger partial charge in [-0.2, -0.15) is 0 Å². The van der Waals surface area contributed by atoms with Gasteiger partial charge in [-0.05, 0) is 30.3 Å². The second-order valence-corrected chi connectivity index (χ2v) is 5.02. The number of esters is 2. The van der Waals surface area contributed by atoms with Crippen LogP contribution in [-0.4, -0.2) is 36.4 Å². The summed E-state index contributed by atoms with van der Waals surface area (Å²) in [5.41, 5.74) is -0.872. The second kappa shape index (κ2) is 7.97. The van der Waals surface area contributed by atoms with Crippen molar-refractivity contribution in [1.29, 1.82) is 0 Å². The maximum atomic E-state index is 12.8. The molecule has 0 spiro atoms. The molecule has 0 saturated heterocycles. The van der Waals surface area contributed by atoms with Gasteiger partial charge < -0.3 is 9.47 Å². The van der Waals surface area contributed by atoms with E-state index in [4.69, 9.17) is 4.74 Å². The Bertz CT molecular complexity index is 877. The molecule has 2 aromatic carbocycles. The standard InChI is InChI=1S/C17H12FNO7/c1-25-16(21)11-6-12(8-14(7-11)19(23)24)17(22)26-9-15(20)10-2-4-13(18)5-3-10/h2-8H,9H2,1H3. The maximum absolute atomic E-state index is 12.8. The molecule has 0 fully saturated rings. The van der Waals surface area contributed by atoms with E-state index in [0.717, 1.165) is 37.4 Å². The topological polar surface area (TPSA) is 113 Å². The van der Waals surface area contributed by atoms with Crippen molar-refractivity contribution < 1.29 is 33.2 Å². The van der Waals surface area contributed by atoms with Crippen LogP contribution in [0.15, 0.2) is 42.5 Å². The van der Waals surface area contributed by atoms with Crippen LogP contribution in [0.2, 0.25) is 0 Å². The lowest BCUT2D eigenvalue weighted by molar-refractivity contribution is -0.384. The fourth-order valence-electron chi connectivity index (χ4n) is 2.00. The Balaban J connectivity index is 2.16. The molecule has 0 bridgehead atoms. The smallest absolute Gasteiger partial charge is 0.338 e. The van der Waals surface area contributed by atoms with Crippen LogP contribution in [0.25, 0.3) is 0 Å². The van der Waals surface area contributed by atoms with Gasteiger partial charge in [-0.15, -0.1) is 0 Å². The predicted molar refractivity (Wildman–Crippen MR) is 85.4 cm³/mol. The first-order valence-electron chi connectivity index (χ1n) is 7.15. The van der Waals surface area contributed by atoms with Crippen molar-refractivity contribution in [3.63, 3.8) is 0 Å². The monoisotopic (exact) mass is 361 g/mol. The molecule has 8 nitrogen and oxygen atoms in total. The number of non-ortho nitro benzene ring substituents is 1. The van der Waals surface area contributed by atoms with E-state index in [-0.39, 0.29) is 16.7 Å². The molecular weight excluding hydrogens is 349 g/mol. The number of carbonyl (C=O) groups excluding carboxylic acids is 3. The Morgan fingerprint density at radius 3 is 2.12 bits per heavy atom. The Morgan fingerprint density at radius 2 is 1.58 bits per heavy atom. The first-order valence-corrected chi connectivity index (χ1v) is 7.15. The number of halogens is 1. The highest BCUT2D eigenvalue weighted by atomic mass is 19.1. The zero-order valence-corrected chi connectivity index (χ0v) is 13.4. The second-order valence-electron chi connectivity index (χ2n) is 5.02. The largest absolute Gasteiger partial charge is 0.465 e. The number of carbonyl (C=O) groups is 3. The highest BCUT2D eigenvalue weighted by molar-refractivity contribution is 6.00. The van der Waals surface area contributed by atoms with Crippen molar-refractivity contribution in [3.05, 3.63) is 75.1 Å². The van der Waals surface area contributed by atoms with Crippen LogP contribution in [0.1, 0.15) is 31.1 Å². The average molecular weight is 361 g/mol. The molecule has 0 saturated carbocycles. The lowest BCUT2D eigenvalue weighted by Gasteiger charge is -2.06. The Morgan fingerprint density at radius 1 is 1.00 bits per heavy atom. The van der Waals surface area contributed by atoms with Crippen molar-refractivity contribution in [1.82, 2.24) is 0 Å². The summed E-state index contributed by atoms with van der Waals surface area (Å²) in [6, 6.07) is 7.55. The number of methoxy groups -OCH3 is 1. The van der Waals surface area contributed by atoms with Crippen LogP contribution in [-0.2, 0) is 9.47 Å². The molecule has 0 unspecified atom stereocenters. The van der Waals surface area contributed by atoms with Crippen LogP contribution in [0.4, 0.5) is 10.1 Å². The van der Waals surface area contributed by atoms with Gasteiger partial charge in [0.1, 0.15) is 5.82 Å². The first-order chi connectivity index (χ1) is 12.3. The van der Waals surface area contributed by atoms with Gasteiger partial charge in [0, 0.05) is 17.7 Å². The van der Waals surface area contributed by atoms with Crippen LogP contribution < -0.4 is 0 Å². The number of hydrogen-bond donors (Lipinski definition) is 0. The van der Waals surface area contributed by atoms with E-state index >= 15 is 0 Å². The first kappa shape index (κ1) is 18.7. The Labute approximate surface area is 146 Å². The van der Waals surface area contributed by atoms with Crippen LogP contribution in [0, 0.1) is 15.9 Å². The summed E-state index contributed by atoms with van der Waals surface area (Å²) < 4.78 is 22.1.